The lowest BCUT2D eigenvalue weighted by molar-refractivity contribution is -0.0506. The first kappa shape index (κ1) is 15.5. The van der Waals surface area contributed by atoms with E-state index in [4.69, 9.17) is 4.42 Å². The van der Waals surface area contributed by atoms with Gasteiger partial charge in [0.1, 0.15) is 17.3 Å². The summed E-state index contributed by atoms with van der Waals surface area (Å²) in [5.41, 5.74) is 0.639. The van der Waals surface area contributed by atoms with Gasteiger partial charge in [0.25, 0.3) is 0 Å². The number of rotatable bonds is 7. The Morgan fingerprint density at radius 1 is 1.19 bits per heavy atom. The molecule has 0 amide bonds. The number of alkyl halides is 2. The zero-order valence-electron chi connectivity index (χ0n) is 12.1. The molecule has 0 bridgehead atoms. The normalized spacial score (nSPS) is 12.6. The van der Waals surface area contributed by atoms with Crippen LogP contribution in [0.25, 0.3) is 0 Å². The molecule has 0 spiro atoms. The number of halogens is 2. The highest BCUT2D eigenvalue weighted by Crippen LogP contribution is 2.31. The van der Waals surface area contributed by atoms with Gasteiger partial charge in [-0.25, -0.2) is 0 Å². The molecule has 2 rings (SSSR count). The third-order valence-electron chi connectivity index (χ3n) is 3.09. The summed E-state index contributed by atoms with van der Waals surface area (Å²) in [6.07, 6.45) is 0.925. The smallest absolute Gasteiger partial charge is 0.387 e. The zero-order chi connectivity index (χ0) is 15.2. The van der Waals surface area contributed by atoms with E-state index in [1.54, 1.807) is 18.2 Å². The molecule has 1 aromatic heterocycles. The molecule has 0 saturated carbocycles. The second-order valence-electron chi connectivity index (χ2n) is 4.75. The van der Waals surface area contributed by atoms with Crippen molar-refractivity contribution in [3.63, 3.8) is 0 Å². The number of hydrogen-bond donors (Lipinski definition) is 1. The summed E-state index contributed by atoms with van der Waals surface area (Å²) in [4.78, 5) is 0. The molecule has 0 fully saturated rings. The summed E-state index contributed by atoms with van der Waals surface area (Å²) in [5, 5.41) is 3.31. The topological polar surface area (TPSA) is 34.4 Å². The molecule has 0 saturated heterocycles. The molecule has 0 aliphatic rings. The van der Waals surface area contributed by atoms with Crippen LogP contribution in [0.2, 0.25) is 0 Å². The molecule has 1 heterocycles. The maximum atomic E-state index is 12.6. The Hall–Kier alpha value is -1.88. The van der Waals surface area contributed by atoms with Crippen molar-refractivity contribution in [2.24, 2.45) is 0 Å². The first-order valence-corrected chi connectivity index (χ1v) is 6.95. The Kier molecular flexibility index (Phi) is 5.33. The number of ether oxygens (including phenoxy) is 1. The predicted octanol–water partition coefficient (Wildman–Crippen LogP) is 4.28. The van der Waals surface area contributed by atoms with Gasteiger partial charge in [-0.1, -0.05) is 25.1 Å². The number of furan rings is 1. The molecule has 21 heavy (non-hydrogen) atoms. The quantitative estimate of drug-likeness (QED) is 0.828. The Bertz CT molecular complexity index is 569. The molecule has 114 valence electrons. The lowest BCUT2D eigenvalue weighted by Gasteiger charge is -2.20. The monoisotopic (exact) mass is 295 g/mol. The highest BCUT2D eigenvalue weighted by Gasteiger charge is 2.21. The minimum Gasteiger partial charge on any atom is -0.464 e. The first-order valence-electron chi connectivity index (χ1n) is 6.95. The van der Waals surface area contributed by atoms with Gasteiger partial charge in [-0.2, -0.15) is 8.78 Å². The van der Waals surface area contributed by atoms with Crippen LogP contribution in [-0.4, -0.2) is 13.2 Å². The molecule has 0 aliphatic carbocycles. The van der Waals surface area contributed by atoms with Gasteiger partial charge in [0.05, 0.1) is 6.04 Å². The van der Waals surface area contributed by atoms with Crippen LogP contribution in [0.4, 0.5) is 8.78 Å². The summed E-state index contributed by atoms with van der Waals surface area (Å²) in [5.74, 6) is 1.63. The van der Waals surface area contributed by atoms with Gasteiger partial charge in [0.2, 0.25) is 0 Å². The van der Waals surface area contributed by atoms with E-state index in [0.29, 0.717) is 11.3 Å². The van der Waals surface area contributed by atoms with Gasteiger partial charge < -0.3 is 14.5 Å². The SMILES string of the molecule is CCCNC(c1ccc(C)o1)c1ccccc1OC(F)F. The van der Waals surface area contributed by atoms with Crippen LogP contribution in [-0.2, 0) is 0 Å². The van der Waals surface area contributed by atoms with Crippen molar-refractivity contribution in [1.29, 1.82) is 0 Å². The van der Waals surface area contributed by atoms with Crippen LogP contribution in [0, 0.1) is 6.92 Å². The lowest BCUT2D eigenvalue weighted by atomic mass is 10.0. The van der Waals surface area contributed by atoms with Crippen LogP contribution in [0.1, 0.15) is 36.5 Å². The van der Waals surface area contributed by atoms with Gasteiger partial charge in [0, 0.05) is 5.56 Å². The van der Waals surface area contributed by atoms with E-state index in [1.165, 1.54) is 6.07 Å². The summed E-state index contributed by atoms with van der Waals surface area (Å²) in [7, 11) is 0. The van der Waals surface area contributed by atoms with Gasteiger partial charge in [-0.3, -0.25) is 0 Å². The highest BCUT2D eigenvalue weighted by atomic mass is 19.3. The Morgan fingerprint density at radius 3 is 2.57 bits per heavy atom. The maximum absolute atomic E-state index is 12.6. The fourth-order valence-electron chi connectivity index (χ4n) is 2.18. The molecule has 3 nitrogen and oxygen atoms in total. The summed E-state index contributed by atoms with van der Waals surface area (Å²) in [6.45, 7) is 1.78. The molecule has 1 N–H and O–H groups in total. The van der Waals surface area contributed by atoms with Gasteiger partial charge in [-0.15, -0.1) is 0 Å². The van der Waals surface area contributed by atoms with Crippen molar-refractivity contribution >= 4 is 0 Å². The Morgan fingerprint density at radius 2 is 1.95 bits per heavy atom. The molecule has 1 unspecified atom stereocenters. The Labute approximate surface area is 122 Å². The van der Waals surface area contributed by atoms with Crippen molar-refractivity contribution in [1.82, 2.24) is 5.32 Å². The average Bonchev–Trinajstić information content (AvgIpc) is 2.87. The van der Waals surface area contributed by atoms with E-state index in [9.17, 15) is 8.78 Å². The second-order valence-corrected chi connectivity index (χ2v) is 4.75. The average molecular weight is 295 g/mol. The third-order valence-corrected chi connectivity index (χ3v) is 3.09. The zero-order valence-corrected chi connectivity index (χ0v) is 12.1. The predicted molar refractivity (Wildman–Crippen MR) is 76.7 cm³/mol. The highest BCUT2D eigenvalue weighted by molar-refractivity contribution is 5.39. The molecule has 0 radical (unpaired) electrons. The number of aryl methyl sites for hydroxylation is 1. The lowest BCUT2D eigenvalue weighted by Crippen LogP contribution is -2.23. The van der Waals surface area contributed by atoms with Gasteiger partial charge in [-0.05, 0) is 38.1 Å². The number of para-hydroxylation sites is 1. The molecular formula is C16H19F2NO2. The third kappa shape index (κ3) is 4.04. The van der Waals surface area contributed by atoms with Crippen LogP contribution in [0.5, 0.6) is 5.75 Å². The number of benzene rings is 1. The molecular weight excluding hydrogens is 276 g/mol. The van der Waals surface area contributed by atoms with E-state index in [0.717, 1.165) is 18.7 Å². The summed E-state index contributed by atoms with van der Waals surface area (Å²) in [6, 6.07) is 10.2. The van der Waals surface area contributed by atoms with E-state index < -0.39 is 6.61 Å². The van der Waals surface area contributed by atoms with Crippen LogP contribution in [0.3, 0.4) is 0 Å². The van der Waals surface area contributed by atoms with E-state index >= 15 is 0 Å². The Balaban J connectivity index is 2.36. The minimum atomic E-state index is -2.85. The van der Waals surface area contributed by atoms with Crippen LogP contribution in [0.15, 0.2) is 40.8 Å². The fourth-order valence-corrected chi connectivity index (χ4v) is 2.18. The van der Waals surface area contributed by atoms with E-state index in [1.807, 2.05) is 26.0 Å². The second kappa shape index (κ2) is 7.22. The van der Waals surface area contributed by atoms with Gasteiger partial charge >= 0.3 is 6.61 Å². The summed E-state index contributed by atoms with van der Waals surface area (Å²) < 4.78 is 35.4. The largest absolute Gasteiger partial charge is 0.464 e. The molecule has 1 atom stereocenters. The molecule has 1 aromatic carbocycles. The van der Waals surface area contributed by atoms with Crippen LogP contribution < -0.4 is 10.1 Å². The molecule has 5 heteroatoms. The standard InChI is InChI=1S/C16H19F2NO2/c1-3-10-19-15(14-9-8-11(2)20-14)12-6-4-5-7-13(12)21-16(17)18/h4-9,15-16,19H,3,10H2,1-2H3. The molecule has 0 aliphatic heterocycles. The van der Waals surface area contributed by atoms with E-state index in [-0.39, 0.29) is 11.8 Å². The first-order chi connectivity index (χ1) is 10.1. The summed E-state index contributed by atoms with van der Waals surface area (Å²) >= 11 is 0. The maximum Gasteiger partial charge on any atom is 0.387 e. The fraction of sp³-hybridized carbons (Fsp3) is 0.375. The number of nitrogens with one attached hydrogen (secondary N) is 1. The molecule has 2 aromatic rings. The van der Waals surface area contributed by atoms with Crippen molar-refractivity contribution < 1.29 is 17.9 Å². The van der Waals surface area contributed by atoms with Crippen molar-refractivity contribution in [3.05, 3.63) is 53.5 Å². The number of hydrogen-bond acceptors (Lipinski definition) is 3. The van der Waals surface area contributed by atoms with Crippen molar-refractivity contribution in [3.8, 4) is 5.75 Å². The van der Waals surface area contributed by atoms with Crippen molar-refractivity contribution in [2.45, 2.75) is 32.9 Å². The van der Waals surface area contributed by atoms with Crippen molar-refractivity contribution in [2.75, 3.05) is 6.54 Å². The van der Waals surface area contributed by atoms with E-state index in [2.05, 4.69) is 10.1 Å². The minimum absolute atomic E-state index is 0.162. The van der Waals surface area contributed by atoms with Gasteiger partial charge in [0.15, 0.2) is 0 Å². The van der Waals surface area contributed by atoms with Crippen LogP contribution >= 0.6 is 0 Å².